The standard InChI is InChI=1S/C26H30N4O5/c1-3-35-25(33)19-7-4-5-8-20(19)28-22(31)16-29-21-9-6-14-27-23(21)24(32)30(26(29)34)15-18-12-10-17(2)11-13-18/h4-5,7-8,10-13,21,23,27H,3,6,9,14-16H2,1-2H3,(H,28,31). The maximum atomic E-state index is 13.5. The second-order valence-corrected chi connectivity index (χ2v) is 8.78. The van der Waals surface area contributed by atoms with Crippen molar-refractivity contribution < 1.29 is 23.9 Å². The predicted octanol–water partition coefficient (Wildman–Crippen LogP) is 2.70. The molecule has 0 bridgehead atoms. The normalized spacial score (nSPS) is 19.8. The Morgan fingerprint density at radius 3 is 2.60 bits per heavy atom. The van der Waals surface area contributed by atoms with Crippen molar-refractivity contribution in [1.29, 1.82) is 0 Å². The number of aryl methyl sites for hydroxylation is 1. The van der Waals surface area contributed by atoms with Crippen LogP contribution in [0.5, 0.6) is 0 Å². The van der Waals surface area contributed by atoms with E-state index in [4.69, 9.17) is 4.74 Å². The zero-order valence-corrected chi connectivity index (χ0v) is 20.0. The molecule has 2 aromatic rings. The number of anilines is 1. The van der Waals surface area contributed by atoms with Crippen molar-refractivity contribution in [2.45, 2.75) is 45.3 Å². The maximum absolute atomic E-state index is 13.5. The number of rotatable bonds is 7. The van der Waals surface area contributed by atoms with E-state index in [0.29, 0.717) is 18.7 Å². The zero-order valence-electron chi connectivity index (χ0n) is 20.0. The molecule has 2 aliphatic heterocycles. The van der Waals surface area contributed by atoms with Crippen LogP contribution in [0.3, 0.4) is 0 Å². The third-order valence-electron chi connectivity index (χ3n) is 6.31. The van der Waals surface area contributed by atoms with Crippen LogP contribution in [0.1, 0.15) is 41.3 Å². The summed E-state index contributed by atoms with van der Waals surface area (Å²) >= 11 is 0. The number of fused-ring (bicyclic) bond motifs is 1. The number of urea groups is 1. The Morgan fingerprint density at radius 2 is 1.86 bits per heavy atom. The first kappa shape index (κ1) is 24.4. The van der Waals surface area contributed by atoms with E-state index < -0.39 is 30.0 Å². The lowest BCUT2D eigenvalue weighted by Gasteiger charge is -2.46. The van der Waals surface area contributed by atoms with E-state index in [1.165, 1.54) is 9.80 Å². The minimum Gasteiger partial charge on any atom is -0.462 e. The quantitative estimate of drug-likeness (QED) is 0.593. The van der Waals surface area contributed by atoms with Gasteiger partial charge < -0.3 is 20.3 Å². The van der Waals surface area contributed by atoms with Crippen LogP contribution in [-0.2, 0) is 20.9 Å². The molecule has 0 spiro atoms. The molecular formula is C26H30N4O5. The van der Waals surface area contributed by atoms with Gasteiger partial charge in [-0.25, -0.2) is 9.59 Å². The van der Waals surface area contributed by atoms with Gasteiger partial charge in [-0.2, -0.15) is 0 Å². The number of hydrogen-bond acceptors (Lipinski definition) is 6. The zero-order chi connectivity index (χ0) is 24.9. The number of piperidine rings is 1. The molecule has 0 aliphatic carbocycles. The maximum Gasteiger partial charge on any atom is 0.340 e. The minimum absolute atomic E-state index is 0.132. The van der Waals surface area contributed by atoms with Crippen LogP contribution in [0.15, 0.2) is 48.5 Å². The highest BCUT2D eigenvalue weighted by molar-refractivity contribution is 6.05. The van der Waals surface area contributed by atoms with Crippen molar-refractivity contribution in [2.75, 3.05) is 25.0 Å². The fourth-order valence-electron chi connectivity index (χ4n) is 4.55. The number of ether oxygens (including phenoxy) is 1. The van der Waals surface area contributed by atoms with Gasteiger partial charge in [-0.05, 0) is 50.9 Å². The highest BCUT2D eigenvalue weighted by Crippen LogP contribution is 2.26. The van der Waals surface area contributed by atoms with Gasteiger partial charge >= 0.3 is 12.0 Å². The summed E-state index contributed by atoms with van der Waals surface area (Å²) in [5.41, 5.74) is 2.46. The lowest BCUT2D eigenvalue weighted by molar-refractivity contribution is -0.138. The molecule has 4 amide bonds. The highest BCUT2D eigenvalue weighted by atomic mass is 16.5. The predicted molar refractivity (Wildman–Crippen MR) is 130 cm³/mol. The van der Waals surface area contributed by atoms with Crippen LogP contribution >= 0.6 is 0 Å². The molecule has 35 heavy (non-hydrogen) atoms. The largest absolute Gasteiger partial charge is 0.462 e. The lowest BCUT2D eigenvalue weighted by atomic mass is 9.93. The van der Waals surface area contributed by atoms with E-state index in [-0.39, 0.29) is 31.2 Å². The number of nitrogens with zero attached hydrogens (tertiary/aromatic N) is 2. The molecule has 9 nitrogen and oxygen atoms in total. The van der Waals surface area contributed by atoms with E-state index >= 15 is 0 Å². The molecule has 2 atom stereocenters. The Labute approximate surface area is 204 Å². The number of nitrogens with one attached hydrogen (secondary N) is 2. The molecule has 0 aromatic heterocycles. The molecule has 2 heterocycles. The van der Waals surface area contributed by atoms with Gasteiger partial charge in [0.25, 0.3) is 0 Å². The minimum atomic E-state index is -0.563. The number of carbonyl (C=O) groups is 4. The highest BCUT2D eigenvalue weighted by Gasteiger charge is 2.47. The van der Waals surface area contributed by atoms with E-state index in [1.54, 1.807) is 31.2 Å². The summed E-state index contributed by atoms with van der Waals surface area (Å²) in [5.74, 6) is -1.27. The summed E-state index contributed by atoms with van der Waals surface area (Å²) in [6.45, 7) is 4.46. The summed E-state index contributed by atoms with van der Waals surface area (Å²) in [4.78, 5) is 54.6. The number of esters is 1. The van der Waals surface area contributed by atoms with Gasteiger partial charge in [-0.3, -0.25) is 14.5 Å². The van der Waals surface area contributed by atoms with Crippen LogP contribution in [0, 0.1) is 6.92 Å². The van der Waals surface area contributed by atoms with Gasteiger partial charge in [0.2, 0.25) is 11.8 Å². The number of para-hydroxylation sites is 1. The van der Waals surface area contributed by atoms with Crippen LogP contribution in [0.4, 0.5) is 10.5 Å². The van der Waals surface area contributed by atoms with Crippen LogP contribution < -0.4 is 10.6 Å². The van der Waals surface area contributed by atoms with Gasteiger partial charge in [-0.1, -0.05) is 42.0 Å². The van der Waals surface area contributed by atoms with Crippen LogP contribution in [0.2, 0.25) is 0 Å². The molecule has 2 aromatic carbocycles. The van der Waals surface area contributed by atoms with Crippen molar-refractivity contribution >= 4 is 29.5 Å². The topological polar surface area (TPSA) is 108 Å². The molecule has 2 N–H and O–H groups in total. The third kappa shape index (κ3) is 5.35. The summed E-state index contributed by atoms with van der Waals surface area (Å²) in [6.07, 6.45) is 1.42. The molecule has 9 heteroatoms. The molecule has 2 saturated heterocycles. The monoisotopic (exact) mass is 478 g/mol. The molecule has 184 valence electrons. The molecule has 2 fully saturated rings. The van der Waals surface area contributed by atoms with Gasteiger partial charge in [0.05, 0.1) is 30.4 Å². The SMILES string of the molecule is CCOC(=O)c1ccccc1NC(=O)CN1C(=O)N(Cc2ccc(C)cc2)C(=O)C2NCCCC21. The Bertz CT molecular complexity index is 1120. The summed E-state index contributed by atoms with van der Waals surface area (Å²) in [5, 5.41) is 5.97. The second kappa shape index (κ2) is 10.7. The first-order valence-corrected chi connectivity index (χ1v) is 11.9. The van der Waals surface area contributed by atoms with Crippen molar-refractivity contribution in [3.63, 3.8) is 0 Å². The van der Waals surface area contributed by atoms with Crippen LogP contribution in [0.25, 0.3) is 0 Å². The van der Waals surface area contributed by atoms with Gasteiger partial charge in [-0.15, -0.1) is 0 Å². The Kier molecular flexibility index (Phi) is 7.45. The average Bonchev–Trinajstić information content (AvgIpc) is 2.86. The number of amides is 4. The number of hydrogen-bond donors (Lipinski definition) is 2. The molecular weight excluding hydrogens is 448 g/mol. The Balaban J connectivity index is 1.54. The first-order valence-electron chi connectivity index (χ1n) is 11.9. The number of benzene rings is 2. The first-order chi connectivity index (χ1) is 16.9. The second-order valence-electron chi connectivity index (χ2n) is 8.78. The van der Waals surface area contributed by atoms with E-state index in [2.05, 4.69) is 10.6 Å². The smallest absolute Gasteiger partial charge is 0.340 e. The number of carbonyl (C=O) groups excluding carboxylic acids is 4. The van der Waals surface area contributed by atoms with Gasteiger partial charge in [0.15, 0.2) is 0 Å². The Hall–Kier alpha value is -3.72. The van der Waals surface area contributed by atoms with Crippen molar-refractivity contribution in [1.82, 2.24) is 15.1 Å². The van der Waals surface area contributed by atoms with E-state index in [1.807, 2.05) is 31.2 Å². The summed E-state index contributed by atoms with van der Waals surface area (Å²) in [6, 6.07) is 12.7. The van der Waals surface area contributed by atoms with Crippen molar-refractivity contribution in [3.8, 4) is 0 Å². The van der Waals surface area contributed by atoms with E-state index in [0.717, 1.165) is 17.5 Å². The number of imide groups is 1. The van der Waals surface area contributed by atoms with Crippen molar-refractivity contribution in [2.24, 2.45) is 0 Å². The third-order valence-corrected chi connectivity index (χ3v) is 6.31. The lowest BCUT2D eigenvalue weighted by Crippen LogP contribution is -2.70. The van der Waals surface area contributed by atoms with Gasteiger partial charge in [0.1, 0.15) is 12.6 Å². The van der Waals surface area contributed by atoms with E-state index in [9.17, 15) is 19.2 Å². The molecule has 2 aliphatic rings. The fourth-order valence-corrected chi connectivity index (χ4v) is 4.55. The van der Waals surface area contributed by atoms with Crippen LogP contribution in [-0.4, -0.2) is 65.4 Å². The summed E-state index contributed by atoms with van der Waals surface area (Å²) < 4.78 is 5.07. The molecule has 4 rings (SSSR count). The molecule has 0 radical (unpaired) electrons. The summed E-state index contributed by atoms with van der Waals surface area (Å²) in [7, 11) is 0. The van der Waals surface area contributed by atoms with Gasteiger partial charge in [0, 0.05) is 0 Å². The Morgan fingerprint density at radius 1 is 1.11 bits per heavy atom. The average molecular weight is 479 g/mol. The van der Waals surface area contributed by atoms with Crippen molar-refractivity contribution in [3.05, 3.63) is 65.2 Å². The molecule has 2 unspecified atom stereocenters. The fraction of sp³-hybridized carbons (Fsp3) is 0.385. The molecule has 0 saturated carbocycles.